The second-order valence-corrected chi connectivity index (χ2v) is 20.9. The fourth-order valence-electron chi connectivity index (χ4n) is 13.7. The van der Waals surface area contributed by atoms with Crippen LogP contribution in [0.25, 0.3) is 0 Å². The van der Waals surface area contributed by atoms with E-state index in [-0.39, 0.29) is 0 Å². The lowest BCUT2D eigenvalue weighted by Crippen LogP contribution is -2.11. The number of hydrogen-bond acceptors (Lipinski definition) is 0. The van der Waals surface area contributed by atoms with E-state index in [0.29, 0.717) is 41.4 Å². The quantitative estimate of drug-likeness (QED) is 0.169. The lowest BCUT2D eigenvalue weighted by molar-refractivity contribution is 0.413. The minimum atomic E-state index is 0.626. The molecule has 61 heavy (non-hydrogen) atoms. The predicted octanol–water partition coefficient (Wildman–Crippen LogP) is 15.6. The zero-order valence-corrected chi connectivity index (χ0v) is 38.0. The summed E-state index contributed by atoms with van der Waals surface area (Å²) in [5, 5.41) is 0. The van der Waals surface area contributed by atoms with Gasteiger partial charge in [0.05, 0.1) is 0 Å². The fourth-order valence-corrected chi connectivity index (χ4v) is 13.7. The second-order valence-electron chi connectivity index (χ2n) is 20.9. The van der Waals surface area contributed by atoms with Gasteiger partial charge in [0.1, 0.15) is 0 Å². The summed E-state index contributed by atoms with van der Waals surface area (Å²) in [4.78, 5) is 0. The van der Waals surface area contributed by atoms with Crippen LogP contribution in [0.3, 0.4) is 0 Å². The Bertz CT molecular complexity index is 2120. The highest BCUT2D eigenvalue weighted by Crippen LogP contribution is 2.51. The molecule has 3 aromatic rings. The van der Waals surface area contributed by atoms with E-state index in [4.69, 9.17) is 0 Å². The summed E-state index contributed by atoms with van der Waals surface area (Å²) in [6.07, 6.45) is 39.7. The maximum Gasteiger partial charge on any atom is -0.00932 e. The van der Waals surface area contributed by atoms with Crippen LogP contribution in [0, 0.1) is 59.2 Å². The molecule has 4 fully saturated rings. The molecular formula is C61H76. The first-order valence-corrected chi connectivity index (χ1v) is 25.1. The number of fused-ring (bicyclic) bond motifs is 4. The molecule has 8 aliphatic rings. The number of hydrogen-bond donors (Lipinski definition) is 0. The lowest BCUT2D eigenvalue weighted by Gasteiger charge is -2.24. The summed E-state index contributed by atoms with van der Waals surface area (Å²) < 4.78 is 0. The Morgan fingerprint density at radius 2 is 1.00 bits per heavy atom. The van der Waals surface area contributed by atoms with Gasteiger partial charge < -0.3 is 0 Å². The van der Waals surface area contributed by atoms with E-state index in [2.05, 4.69) is 143 Å². The van der Waals surface area contributed by atoms with Crippen molar-refractivity contribution in [2.75, 3.05) is 0 Å². The molecule has 4 saturated carbocycles. The number of benzene rings is 3. The molecule has 0 N–H and O–H groups in total. The third-order valence-electron chi connectivity index (χ3n) is 17.9. The van der Waals surface area contributed by atoms with Gasteiger partial charge in [-0.2, -0.15) is 0 Å². The number of rotatable bonds is 11. The smallest absolute Gasteiger partial charge is 0.00932 e. The maximum absolute atomic E-state index is 4.16. The van der Waals surface area contributed by atoms with Gasteiger partial charge in [-0.1, -0.05) is 130 Å². The molecule has 320 valence electrons. The van der Waals surface area contributed by atoms with Crippen molar-refractivity contribution >= 4 is 0 Å². The first-order valence-electron chi connectivity index (χ1n) is 25.1. The average molecular weight is 809 g/mol. The third-order valence-corrected chi connectivity index (χ3v) is 17.9. The highest BCUT2D eigenvalue weighted by Gasteiger charge is 2.41. The molecule has 11 rings (SSSR count). The Labute approximate surface area is 371 Å². The summed E-state index contributed by atoms with van der Waals surface area (Å²) in [7, 11) is 0. The summed E-state index contributed by atoms with van der Waals surface area (Å²) >= 11 is 0. The van der Waals surface area contributed by atoms with Gasteiger partial charge in [-0.05, 0) is 217 Å². The van der Waals surface area contributed by atoms with E-state index in [1.165, 1.54) is 108 Å². The van der Waals surface area contributed by atoms with E-state index >= 15 is 0 Å². The van der Waals surface area contributed by atoms with Crippen molar-refractivity contribution in [2.24, 2.45) is 59.2 Å². The van der Waals surface area contributed by atoms with Crippen molar-refractivity contribution in [2.45, 2.75) is 134 Å². The van der Waals surface area contributed by atoms with Crippen molar-refractivity contribution < 1.29 is 0 Å². The summed E-state index contributed by atoms with van der Waals surface area (Å²) in [5.74, 6) is 9.75. The van der Waals surface area contributed by atoms with Gasteiger partial charge in [0.2, 0.25) is 0 Å². The molecule has 0 bridgehead atoms. The maximum atomic E-state index is 4.16. The van der Waals surface area contributed by atoms with Crippen LogP contribution in [0.2, 0.25) is 0 Å². The molecule has 3 aromatic carbocycles. The molecular weight excluding hydrogens is 733 g/mol. The molecule has 0 heterocycles. The van der Waals surface area contributed by atoms with Gasteiger partial charge in [-0.15, -0.1) is 26.3 Å². The molecule has 13 unspecified atom stereocenters. The van der Waals surface area contributed by atoms with Crippen LogP contribution in [-0.4, -0.2) is 0 Å². The highest BCUT2D eigenvalue weighted by atomic mass is 14.5. The van der Waals surface area contributed by atoms with Gasteiger partial charge >= 0.3 is 0 Å². The minimum Gasteiger partial charge on any atom is -0.103 e. The molecule has 0 radical (unpaired) electrons. The monoisotopic (exact) mass is 809 g/mol. The van der Waals surface area contributed by atoms with Crippen molar-refractivity contribution in [3.05, 3.63) is 180 Å². The molecule has 8 aliphatic carbocycles. The van der Waals surface area contributed by atoms with Crippen LogP contribution in [0.15, 0.2) is 130 Å². The first-order chi connectivity index (χ1) is 29.9. The van der Waals surface area contributed by atoms with E-state index in [9.17, 15) is 0 Å². The zero-order chi connectivity index (χ0) is 42.0. The summed E-state index contributed by atoms with van der Waals surface area (Å²) in [6.45, 7) is 20.9. The highest BCUT2D eigenvalue weighted by molar-refractivity contribution is 5.43. The Kier molecular flexibility index (Phi) is 13.1. The standard InChI is InChI=1S/C27H32.C17H24.C17H20/c1-3-19-14-18(15-27(19)24-13-11-21-10-12-22(21)17-24)8-9-23-16-20(4-2)25-6-5-7-26(23)25;2*1-3-12-9-13(4-2)17(10-12)16-8-6-14-5-7-15(14)11-16/h3-5,7-9,11,13,17-20,23,25-27H,1-2,6,10,12,14-16H2;6,8,11-13,17H,3-5,7,9-10H2,1-2H3;3-4,6,8,11-13,17H,1-2,5,7,9-10H2/b9-8-;;. The molecule has 0 saturated heterocycles. The fraction of sp³-hybridized carbons (Fsp3) is 0.508. The van der Waals surface area contributed by atoms with E-state index in [0.717, 1.165) is 35.5 Å². The van der Waals surface area contributed by atoms with Crippen LogP contribution in [0.1, 0.15) is 146 Å². The second kappa shape index (κ2) is 18.8. The largest absolute Gasteiger partial charge is 0.103 e. The molecule has 0 nitrogen and oxygen atoms in total. The van der Waals surface area contributed by atoms with Crippen LogP contribution < -0.4 is 0 Å². The van der Waals surface area contributed by atoms with Gasteiger partial charge in [-0.25, -0.2) is 0 Å². The topological polar surface area (TPSA) is 0 Å². The molecule has 0 heteroatoms. The van der Waals surface area contributed by atoms with E-state index in [1.54, 1.807) is 44.5 Å². The SMILES string of the molecule is C=CC1CC(/C=C\C2CC(C=C)C3CC=CC23)CC1c1ccc2c(c1)CC2.C=CC1CC(C=C)C(c2ccc3c(c2)CC3)C1.CCC1CC(CC)C(c2ccc3c(c2)CC3)C1. The lowest BCUT2D eigenvalue weighted by atomic mass is 9.81. The summed E-state index contributed by atoms with van der Waals surface area (Å²) in [5.41, 5.74) is 14.3. The minimum absolute atomic E-state index is 0.626. The van der Waals surface area contributed by atoms with E-state index < -0.39 is 0 Å². The van der Waals surface area contributed by atoms with Gasteiger partial charge in [0.15, 0.2) is 0 Å². The Balaban J connectivity index is 0.000000123. The van der Waals surface area contributed by atoms with Crippen LogP contribution in [-0.2, 0) is 38.5 Å². The van der Waals surface area contributed by atoms with Crippen molar-refractivity contribution in [1.82, 2.24) is 0 Å². The van der Waals surface area contributed by atoms with Crippen LogP contribution >= 0.6 is 0 Å². The van der Waals surface area contributed by atoms with Crippen LogP contribution in [0.4, 0.5) is 0 Å². The summed E-state index contributed by atoms with van der Waals surface area (Å²) in [6, 6.07) is 21.7. The van der Waals surface area contributed by atoms with Crippen LogP contribution in [0.5, 0.6) is 0 Å². The third kappa shape index (κ3) is 8.74. The first kappa shape index (κ1) is 42.4. The van der Waals surface area contributed by atoms with Crippen molar-refractivity contribution in [3.8, 4) is 0 Å². The Morgan fingerprint density at radius 3 is 1.48 bits per heavy atom. The molecule has 0 amide bonds. The van der Waals surface area contributed by atoms with Gasteiger partial charge in [0, 0.05) is 0 Å². The number of aryl methyl sites for hydroxylation is 6. The average Bonchev–Trinajstić information content (AvgIpc) is 4.10. The molecule has 0 aliphatic heterocycles. The van der Waals surface area contributed by atoms with E-state index in [1.807, 2.05) is 0 Å². The van der Waals surface area contributed by atoms with Gasteiger partial charge in [0.25, 0.3) is 0 Å². The Hall–Kier alpha value is -3.90. The zero-order valence-electron chi connectivity index (χ0n) is 38.0. The Morgan fingerprint density at radius 1 is 0.475 bits per heavy atom. The normalized spacial score (nSPS) is 34.6. The molecule has 13 atom stereocenters. The predicted molar refractivity (Wildman–Crippen MR) is 261 cm³/mol. The van der Waals surface area contributed by atoms with Gasteiger partial charge in [-0.3, -0.25) is 0 Å². The number of allylic oxidation sites excluding steroid dienone is 8. The van der Waals surface area contributed by atoms with Crippen molar-refractivity contribution in [3.63, 3.8) is 0 Å². The molecule has 0 aromatic heterocycles. The molecule has 0 spiro atoms. The van der Waals surface area contributed by atoms with Crippen molar-refractivity contribution in [1.29, 1.82) is 0 Å².